The molecule has 0 spiro atoms. The maximum absolute atomic E-state index is 5.29. The number of nitrogens with one attached hydrogen (secondary N) is 1. The number of halogens is 1. The molecule has 1 aliphatic rings. The van der Waals surface area contributed by atoms with Crippen LogP contribution in [-0.4, -0.2) is 65.7 Å². The van der Waals surface area contributed by atoms with Crippen LogP contribution in [0.2, 0.25) is 0 Å². The highest BCUT2D eigenvalue weighted by Crippen LogP contribution is 2.13. The quantitative estimate of drug-likeness (QED) is 0.371. The Morgan fingerprint density at radius 2 is 2.11 bits per heavy atom. The van der Waals surface area contributed by atoms with Gasteiger partial charge in [-0.05, 0) is 11.4 Å². The molecular weight excluding hydrogens is 475 g/mol. The summed E-state index contributed by atoms with van der Waals surface area (Å²) in [5.41, 5.74) is 0. The fraction of sp³-hybridized carbons (Fsp3) is 0.611. The first-order valence-corrected chi connectivity index (χ1v) is 10.1. The van der Waals surface area contributed by atoms with Crippen LogP contribution in [0, 0.1) is 0 Å². The Morgan fingerprint density at radius 1 is 1.33 bits per heavy atom. The number of nitrogens with zero attached hydrogens (tertiary/aromatic N) is 5. The predicted octanol–water partition coefficient (Wildman–Crippen LogP) is 2.81. The number of aromatic nitrogens is 2. The van der Waals surface area contributed by atoms with Gasteiger partial charge in [0.05, 0.1) is 0 Å². The van der Waals surface area contributed by atoms with Gasteiger partial charge in [0.15, 0.2) is 11.8 Å². The number of hydrogen-bond donors (Lipinski definition) is 1. The summed E-state index contributed by atoms with van der Waals surface area (Å²) < 4.78 is 5.29. The zero-order chi connectivity index (χ0) is 18.4. The van der Waals surface area contributed by atoms with Gasteiger partial charge >= 0.3 is 0 Å². The van der Waals surface area contributed by atoms with Gasteiger partial charge in [-0.2, -0.15) is 4.98 Å². The second-order valence-electron chi connectivity index (χ2n) is 6.77. The van der Waals surface area contributed by atoms with E-state index >= 15 is 0 Å². The van der Waals surface area contributed by atoms with Gasteiger partial charge in [0.1, 0.15) is 0 Å². The molecule has 0 amide bonds. The summed E-state index contributed by atoms with van der Waals surface area (Å²) in [4.78, 5) is 15.1. The molecule has 0 saturated carbocycles. The number of hydrogen-bond acceptors (Lipinski definition) is 6. The van der Waals surface area contributed by atoms with Crippen molar-refractivity contribution >= 4 is 41.3 Å². The fourth-order valence-corrected chi connectivity index (χ4v) is 3.70. The lowest BCUT2D eigenvalue weighted by molar-refractivity contribution is 0.174. The van der Waals surface area contributed by atoms with Gasteiger partial charge in [-0.3, -0.25) is 9.89 Å². The van der Waals surface area contributed by atoms with E-state index in [4.69, 9.17) is 4.52 Å². The third kappa shape index (κ3) is 6.42. The minimum Gasteiger partial charge on any atom is -0.356 e. The molecule has 2 aromatic rings. The molecule has 0 aromatic carbocycles. The van der Waals surface area contributed by atoms with Gasteiger partial charge < -0.3 is 14.7 Å². The van der Waals surface area contributed by atoms with E-state index in [0.717, 1.165) is 51.1 Å². The SMILES string of the molecule is CN=C(NCCc1nc(C(C)C)no1)N1CCN(Cc2cccs2)CC1.I. The van der Waals surface area contributed by atoms with E-state index in [-0.39, 0.29) is 24.0 Å². The lowest BCUT2D eigenvalue weighted by atomic mass is 10.2. The molecule has 2 aromatic heterocycles. The van der Waals surface area contributed by atoms with E-state index in [0.29, 0.717) is 18.2 Å². The highest BCUT2D eigenvalue weighted by Gasteiger charge is 2.20. The molecule has 0 unspecified atom stereocenters. The summed E-state index contributed by atoms with van der Waals surface area (Å²) in [7, 11) is 1.84. The van der Waals surface area contributed by atoms with Crippen LogP contribution in [0.25, 0.3) is 0 Å². The molecule has 1 aliphatic heterocycles. The molecule has 1 saturated heterocycles. The van der Waals surface area contributed by atoms with Crippen molar-refractivity contribution in [1.29, 1.82) is 0 Å². The highest BCUT2D eigenvalue weighted by molar-refractivity contribution is 14.0. The van der Waals surface area contributed by atoms with Crippen molar-refractivity contribution in [3.05, 3.63) is 34.1 Å². The van der Waals surface area contributed by atoms with E-state index in [1.165, 1.54) is 4.88 Å². The summed E-state index contributed by atoms with van der Waals surface area (Å²) in [5.74, 6) is 2.69. The molecular formula is C18H29IN6OS. The summed E-state index contributed by atoms with van der Waals surface area (Å²) >= 11 is 1.83. The first-order valence-electron chi connectivity index (χ1n) is 9.18. The Hall–Kier alpha value is -1.20. The smallest absolute Gasteiger partial charge is 0.228 e. The molecule has 0 bridgehead atoms. The standard InChI is InChI=1S/C18H28N6OS.HI/c1-14(2)17-21-16(25-22-17)6-7-20-18(19-3)24-10-8-23(9-11-24)13-15-5-4-12-26-15;/h4-5,12,14H,6-11,13H2,1-3H3,(H,19,20);1H. The highest BCUT2D eigenvalue weighted by atomic mass is 127. The van der Waals surface area contributed by atoms with Gasteiger partial charge in [-0.25, -0.2) is 0 Å². The monoisotopic (exact) mass is 504 g/mol. The Balaban J connectivity index is 0.00000261. The summed E-state index contributed by atoms with van der Waals surface area (Å²) in [6, 6.07) is 4.33. The molecule has 1 fully saturated rings. The molecule has 3 heterocycles. The Morgan fingerprint density at radius 3 is 2.70 bits per heavy atom. The van der Waals surface area contributed by atoms with E-state index in [2.05, 4.69) is 61.6 Å². The van der Waals surface area contributed by atoms with Gasteiger partial charge in [0.2, 0.25) is 5.89 Å². The summed E-state index contributed by atoms with van der Waals surface area (Å²) in [6.45, 7) is 10.0. The maximum Gasteiger partial charge on any atom is 0.228 e. The van der Waals surface area contributed by atoms with Crippen molar-refractivity contribution in [3.63, 3.8) is 0 Å². The van der Waals surface area contributed by atoms with Crippen molar-refractivity contribution in [2.45, 2.75) is 32.7 Å². The van der Waals surface area contributed by atoms with E-state index in [1.807, 2.05) is 18.4 Å². The van der Waals surface area contributed by atoms with Crippen LogP contribution < -0.4 is 5.32 Å². The van der Waals surface area contributed by atoms with Crippen molar-refractivity contribution in [2.75, 3.05) is 39.8 Å². The van der Waals surface area contributed by atoms with Gasteiger partial charge in [-0.15, -0.1) is 35.3 Å². The Labute approximate surface area is 182 Å². The van der Waals surface area contributed by atoms with Crippen LogP contribution in [0.5, 0.6) is 0 Å². The number of rotatable bonds is 6. The van der Waals surface area contributed by atoms with Crippen LogP contribution in [-0.2, 0) is 13.0 Å². The first-order chi connectivity index (χ1) is 12.7. The molecule has 9 heteroatoms. The minimum atomic E-state index is 0. The fourth-order valence-electron chi connectivity index (χ4n) is 2.96. The molecule has 0 atom stereocenters. The summed E-state index contributed by atoms with van der Waals surface area (Å²) in [5, 5.41) is 9.56. The number of guanidine groups is 1. The number of aliphatic imine (C=N–C) groups is 1. The molecule has 7 nitrogen and oxygen atoms in total. The maximum atomic E-state index is 5.29. The van der Waals surface area contributed by atoms with E-state index < -0.39 is 0 Å². The lowest BCUT2D eigenvalue weighted by Crippen LogP contribution is -2.52. The van der Waals surface area contributed by atoms with Crippen molar-refractivity contribution in [1.82, 2.24) is 25.3 Å². The second-order valence-corrected chi connectivity index (χ2v) is 7.80. The normalized spacial score (nSPS) is 15.9. The third-order valence-electron chi connectivity index (χ3n) is 4.47. The molecule has 1 N–H and O–H groups in total. The average Bonchev–Trinajstić information content (AvgIpc) is 3.32. The first kappa shape index (κ1) is 22.1. The molecule has 27 heavy (non-hydrogen) atoms. The van der Waals surface area contributed by atoms with Crippen LogP contribution in [0.15, 0.2) is 27.0 Å². The average molecular weight is 504 g/mol. The van der Waals surface area contributed by atoms with Crippen molar-refractivity contribution in [2.24, 2.45) is 4.99 Å². The topological polar surface area (TPSA) is 69.8 Å². The Bertz CT molecular complexity index is 695. The molecule has 150 valence electrons. The van der Waals surface area contributed by atoms with Crippen LogP contribution in [0.4, 0.5) is 0 Å². The second kappa shape index (κ2) is 11.0. The largest absolute Gasteiger partial charge is 0.356 e. The third-order valence-corrected chi connectivity index (χ3v) is 5.33. The zero-order valence-electron chi connectivity index (χ0n) is 16.2. The molecule has 0 aliphatic carbocycles. The molecule has 3 rings (SSSR count). The van der Waals surface area contributed by atoms with Crippen molar-refractivity contribution < 1.29 is 4.52 Å². The van der Waals surface area contributed by atoms with E-state index in [9.17, 15) is 0 Å². The zero-order valence-corrected chi connectivity index (χ0v) is 19.4. The molecule has 0 radical (unpaired) electrons. The Kier molecular flexibility index (Phi) is 8.97. The predicted molar refractivity (Wildman–Crippen MR) is 120 cm³/mol. The number of thiophene rings is 1. The van der Waals surface area contributed by atoms with Gasteiger partial charge in [-0.1, -0.05) is 25.1 Å². The van der Waals surface area contributed by atoms with Crippen LogP contribution >= 0.6 is 35.3 Å². The van der Waals surface area contributed by atoms with E-state index in [1.54, 1.807) is 0 Å². The lowest BCUT2D eigenvalue weighted by Gasteiger charge is -2.36. The van der Waals surface area contributed by atoms with Crippen LogP contribution in [0.1, 0.15) is 36.4 Å². The van der Waals surface area contributed by atoms with Gasteiger partial charge in [0.25, 0.3) is 0 Å². The van der Waals surface area contributed by atoms with Crippen molar-refractivity contribution in [3.8, 4) is 0 Å². The van der Waals surface area contributed by atoms with Crippen LogP contribution in [0.3, 0.4) is 0 Å². The number of piperazine rings is 1. The van der Waals surface area contributed by atoms with Gasteiger partial charge in [0, 0.05) is 63.5 Å². The summed E-state index contributed by atoms with van der Waals surface area (Å²) in [6.07, 6.45) is 0.705. The minimum absolute atomic E-state index is 0.